The van der Waals surface area contributed by atoms with Crippen LogP contribution in [0.25, 0.3) is 24.3 Å². The van der Waals surface area contributed by atoms with Gasteiger partial charge in [0, 0.05) is 12.8 Å². The summed E-state index contributed by atoms with van der Waals surface area (Å²) in [5.74, 6) is -1.73. The molecule has 0 amide bonds. The Kier molecular flexibility index (Phi) is 12.3. The van der Waals surface area contributed by atoms with Crippen LogP contribution in [0.3, 0.4) is 0 Å². The van der Waals surface area contributed by atoms with Crippen LogP contribution in [0, 0.1) is 39.5 Å². The third-order valence-corrected chi connectivity index (χ3v) is 11.6. The van der Waals surface area contributed by atoms with Gasteiger partial charge >= 0.3 is 40.9 Å². The van der Waals surface area contributed by atoms with Crippen LogP contribution in [0.4, 0.5) is 0 Å². The summed E-state index contributed by atoms with van der Waals surface area (Å²) in [6, 6.07) is 0. The number of rotatable bonds is 12. The molecule has 2 saturated carbocycles. The molecular weight excluding hydrogens is 768 g/mol. The van der Waals surface area contributed by atoms with Crippen molar-refractivity contribution >= 4 is 48.2 Å². The molecule has 1 aliphatic heterocycles. The normalized spacial score (nSPS) is 21.2. The number of ether oxygens (including phenoxy) is 4. The monoisotopic (exact) mass is 816 g/mol. The van der Waals surface area contributed by atoms with Crippen LogP contribution in [0.2, 0.25) is 0 Å². The molecule has 7 rings (SSSR count). The molecule has 2 aliphatic carbocycles. The molecule has 300 valence electrons. The van der Waals surface area contributed by atoms with Gasteiger partial charge in [-0.3, -0.25) is 19.2 Å². The summed E-state index contributed by atoms with van der Waals surface area (Å²) in [6.07, 6.45) is 10.3. The Hall–Kier alpha value is -5.00. The number of fused-ring (bicyclic) bond motifs is 8. The zero-order valence-electron chi connectivity index (χ0n) is 33.7. The maximum Gasteiger partial charge on any atom is 4.00 e. The van der Waals surface area contributed by atoms with E-state index in [0.717, 1.165) is 60.9 Å². The van der Waals surface area contributed by atoms with E-state index in [1.54, 1.807) is 0 Å². The van der Waals surface area contributed by atoms with E-state index in [9.17, 15) is 19.2 Å². The summed E-state index contributed by atoms with van der Waals surface area (Å²) >= 11 is 0. The first-order valence-corrected chi connectivity index (χ1v) is 19.4. The van der Waals surface area contributed by atoms with Crippen molar-refractivity contribution in [3.63, 3.8) is 0 Å². The molecule has 13 heteroatoms. The van der Waals surface area contributed by atoms with Gasteiger partial charge in [-0.1, -0.05) is 68.8 Å². The van der Waals surface area contributed by atoms with Crippen LogP contribution in [0.5, 0.6) is 0 Å². The Labute approximate surface area is 342 Å². The van der Waals surface area contributed by atoms with Crippen LogP contribution < -0.4 is 41.3 Å². The molecule has 4 aromatic heterocycles. The van der Waals surface area contributed by atoms with E-state index in [0.29, 0.717) is 66.7 Å². The van der Waals surface area contributed by atoms with Crippen LogP contribution in [-0.2, 0) is 68.0 Å². The van der Waals surface area contributed by atoms with E-state index >= 15 is 0 Å². The van der Waals surface area contributed by atoms with Gasteiger partial charge in [-0.2, -0.15) is 0 Å². The second-order valence-corrected chi connectivity index (χ2v) is 14.9. The fourth-order valence-electron chi connectivity index (χ4n) is 8.28. The number of esters is 4. The average Bonchev–Trinajstić information content (AvgIpc) is 4.04. The van der Waals surface area contributed by atoms with Gasteiger partial charge < -0.3 is 38.9 Å². The molecule has 0 saturated heterocycles. The van der Waals surface area contributed by atoms with Crippen molar-refractivity contribution in [1.29, 1.82) is 0 Å². The number of aromatic nitrogens is 4. The Morgan fingerprint density at radius 3 is 1.63 bits per heavy atom. The Morgan fingerprint density at radius 2 is 1.04 bits per heavy atom. The van der Waals surface area contributed by atoms with E-state index in [1.165, 1.54) is 14.2 Å². The minimum atomic E-state index is -0.330. The van der Waals surface area contributed by atoms with Gasteiger partial charge in [-0.25, -0.2) is 0 Å². The molecular formula is C44H48FeN4O8. The number of carbonyl (C=O) groups excluding carboxylic acids is 4. The number of hydrogen-bond donors (Lipinski definition) is 0. The SMILES string of the molecule is CCOC(=O)C1CC1c1c2[n-]c(c1C)/C=c1\[n-]/c(c(C)c1C1CC1C(=O)OCC)=C\c1[n-]c(c(CCC(=O)OC)c1C)/C=c1\[n-]/c(c(C)c1CCC(=O)OC)=C\2.[Fe+4]. The van der Waals surface area contributed by atoms with Gasteiger partial charge in [-0.15, -0.1) is 44.2 Å². The first kappa shape index (κ1) is 41.6. The van der Waals surface area contributed by atoms with Gasteiger partial charge in [-0.05, 0) is 79.1 Å². The first-order chi connectivity index (χ1) is 26.9. The van der Waals surface area contributed by atoms with E-state index in [-0.39, 0.29) is 77.5 Å². The first-order valence-electron chi connectivity index (χ1n) is 19.4. The Morgan fingerprint density at radius 1 is 0.561 bits per heavy atom. The van der Waals surface area contributed by atoms with Gasteiger partial charge in [0.15, 0.2) is 0 Å². The Balaban J connectivity index is 0.00000549. The summed E-state index contributed by atoms with van der Waals surface area (Å²) < 4.78 is 20.8. The second-order valence-electron chi connectivity index (χ2n) is 14.9. The van der Waals surface area contributed by atoms with Crippen LogP contribution >= 0.6 is 0 Å². The molecule has 0 N–H and O–H groups in total. The largest absolute Gasteiger partial charge is 4.00 e. The standard InChI is InChI=1S/C44H48N4O8.Fe/c1-9-55-43(51)29-15-27(29)41-23(5)33-17-31-21(3)25(11-13-39(49)53-7)35(45-31)20-36-26(12-14-40(50)54-8)22(4)32(46-36)18-37-42(28-16-30(28)44(52)56-10-2)24(6)34(48-37)19-38(41)47-33;/h17-20,27-30H,9-16H2,1-8H3;/q-4;+4/b31-17?,32-18-,33-17-,34-19?,35-20?,36-20-,37-18?,38-19-;. The summed E-state index contributed by atoms with van der Waals surface area (Å²) in [6.45, 7) is 12.3. The summed E-state index contributed by atoms with van der Waals surface area (Å²) in [5, 5.41) is 2.80. The molecule has 4 unspecified atom stereocenters. The minimum Gasteiger partial charge on any atom is -0.657 e. The number of nitrogens with zero attached hydrogens (tertiary/aromatic N) is 4. The molecule has 12 nitrogen and oxygen atoms in total. The van der Waals surface area contributed by atoms with Crippen LogP contribution in [0.15, 0.2) is 0 Å². The third kappa shape index (κ3) is 8.09. The molecule has 0 aromatic carbocycles. The molecule has 0 spiro atoms. The predicted molar refractivity (Wildman–Crippen MR) is 206 cm³/mol. The maximum atomic E-state index is 12.9. The predicted octanol–water partition coefficient (Wildman–Crippen LogP) is 1.92. The van der Waals surface area contributed by atoms with E-state index in [1.807, 2.05) is 65.8 Å². The van der Waals surface area contributed by atoms with Gasteiger partial charge in [0.1, 0.15) is 0 Å². The quantitative estimate of drug-likeness (QED) is 0.102. The van der Waals surface area contributed by atoms with Crippen molar-refractivity contribution in [3.8, 4) is 0 Å². The molecule has 2 fully saturated rings. The molecule has 3 aliphatic rings. The van der Waals surface area contributed by atoms with E-state index in [2.05, 4.69) is 0 Å². The molecule has 5 heterocycles. The van der Waals surface area contributed by atoms with Crippen LogP contribution in [-0.4, -0.2) is 51.3 Å². The fraction of sp³-hybridized carbons (Fsp3) is 0.455. The maximum absolute atomic E-state index is 12.9. The molecule has 57 heavy (non-hydrogen) atoms. The molecule has 8 bridgehead atoms. The topological polar surface area (TPSA) is 162 Å². The van der Waals surface area contributed by atoms with Crippen molar-refractivity contribution in [2.45, 2.75) is 91.9 Å². The van der Waals surface area contributed by atoms with Crippen molar-refractivity contribution in [2.24, 2.45) is 11.8 Å². The van der Waals surface area contributed by atoms with Crippen LogP contribution in [0.1, 0.15) is 119 Å². The summed E-state index contributed by atoms with van der Waals surface area (Å²) in [5.41, 5.74) is 10.2. The zero-order chi connectivity index (χ0) is 40.0. The molecule has 4 aromatic rings. The second kappa shape index (κ2) is 16.8. The third-order valence-electron chi connectivity index (χ3n) is 11.6. The van der Waals surface area contributed by atoms with Gasteiger partial charge in [0.05, 0.1) is 39.3 Å². The van der Waals surface area contributed by atoms with Gasteiger partial charge in [0.25, 0.3) is 0 Å². The number of methoxy groups -OCH3 is 2. The number of hydrogen-bond acceptors (Lipinski definition) is 8. The van der Waals surface area contributed by atoms with Crippen molar-refractivity contribution in [3.05, 3.63) is 88.7 Å². The fourth-order valence-corrected chi connectivity index (χ4v) is 8.28. The number of carbonyl (C=O) groups is 4. The average molecular weight is 817 g/mol. The van der Waals surface area contributed by atoms with Crippen molar-refractivity contribution in [1.82, 2.24) is 19.9 Å². The zero-order valence-corrected chi connectivity index (χ0v) is 34.8. The van der Waals surface area contributed by atoms with E-state index in [4.69, 9.17) is 38.9 Å². The van der Waals surface area contributed by atoms with Crippen molar-refractivity contribution in [2.75, 3.05) is 27.4 Å². The smallest absolute Gasteiger partial charge is 0.657 e. The Bertz CT molecular complexity index is 2500. The molecule has 0 radical (unpaired) electrons. The summed E-state index contributed by atoms with van der Waals surface area (Å²) in [4.78, 5) is 71.2. The van der Waals surface area contributed by atoms with Crippen molar-refractivity contribution < 1.29 is 55.2 Å². The summed E-state index contributed by atoms with van der Waals surface area (Å²) in [7, 11) is 2.75. The van der Waals surface area contributed by atoms with Gasteiger partial charge in [0.2, 0.25) is 0 Å². The molecule has 4 atom stereocenters. The van der Waals surface area contributed by atoms with E-state index < -0.39 is 0 Å². The minimum absolute atomic E-state index is 0.